The molecule has 6 nitrogen and oxygen atoms in total. The van der Waals surface area contributed by atoms with Gasteiger partial charge in [-0.3, -0.25) is 9.59 Å². The number of methoxy groups -OCH3 is 1. The molecule has 7 heteroatoms. The average molecular weight is 398 g/mol. The molecule has 1 N–H and O–H groups in total. The lowest BCUT2D eigenvalue weighted by Gasteiger charge is -2.26. The van der Waals surface area contributed by atoms with E-state index < -0.39 is 23.5 Å². The zero-order valence-electron chi connectivity index (χ0n) is 16.6. The van der Waals surface area contributed by atoms with Crippen LogP contribution in [0.4, 0.5) is 4.39 Å². The van der Waals surface area contributed by atoms with Gasteiger partial charge in [-0.15, -0.1) is 0 Å². The number of aliphatic hydroxyl groups is 1. The summed E-state index contributed by atoms with van der Waals surface area (Å²) in [7, 11) is 5.25. The Labute approximate surface area is 168 Å². The number of carbonyl (C=O) groups is 2. The Kier molecular flexibility index (Phi) is 5.98. The summed E-state index contributed by atoms with van der Waals surface area (Å²) in [5.74, 6) is -1.53. The lowest BCUT2D eigenvalue weighted by molar-refractivity contribution is -0.140. The highest BCUT2D eigenvalue weighted by Crippen LogP contribution is 2.39. The second-order valence-electron chi connectivity index (χ2n) is 7.08. The van der Waals surface area contributed by atoms with Crippen LogP contribution in [0.2, 0.25) is 0 Å². The number of hydrogen-bond acceptors (Lipinski definition) is 5. The van der Waals surface area contributed by atoms with Gasteiger partial charge in [0.05, 0.1) is 18.7 Å². The Bertz CT molecular complexity index is 936. The third-order valence-electron chi connectivity index (χ3n) is 4.88. The molecule has 1 fully saturated rings. The molecule has 2 aromatic carbocycles. The highest BCUT2D eigenvalue weighted by atomic mass is 19.1. The molecule has 1 heterocycles. The van der Waals surface area contributed by atoms with Crippen molar-refractivity contribution >= 4 is 17.4 Å². The van der Waals surface area contributed by atoms with E-state index in [2.05, 4.69) is 0 Å². The molecule has 2 aromatic rings. The van der Waals surface area contributed by atoms with Gasteiger partial charge in [-0.2, -0.15) is 0 Å². The van der Waals surface area contributed by atoms with Crippen LogP contribution in [0.3, 0.4) is 0 Å². The first-order valence-electron chi connectivity index (χ1n) is 9.16. The van der Waals surface area contributed by atoms with Crippen LogP contribution in [-0.4, -0.2) is 60.9 Å². The molecule has 0 aliphatic carbocycles. The Morgan fingerprint density at radius 2 is 1.72 bits per heavy atom. The number of nitrogens with zero attached hydrogens (tertiary/aromatic N) is 2. The molecule has 0 aromatic heterocycles. The maximum Gasteiger partial charge on any atom is 0.295 e. The summed E-state index contributed by atoms with van der Waals surface area (Å²) in [6.45, 7) is 0.826. The summed E-state index contributed by atoms with van der Waals surface area (Å²) in [4.78, 5) is 28.9. The van der Waals surface area contributed by atoms with E-state index >= 15 is 0 Å². The molecule has 29 heavy (non-hydrogen) atoms. The molecule has 1 aliphatic rings. The van der Waals surface area contributed by atoms with Crippen molar-refractivity contribution in [3.05, 3.63) is 71.0 Å². The van der Waals surface area contributed by atoms with Crippen LogP contribution in [0.5, 0.6) is 5.75 Å². The van der Waals surface area contributed by atoms with Crippen molar-refractivity contribution in [1.82, 2.24) is 9.80 Å². The topological polar surface area (TPSA) is 70.1 Å². The predicted molar refractivity (Wildman–Crippen MR) is 107 cm³/mol. The highest BCUT2D eigenvalue weighted by Gasteiger charge is 2.45. The van der Waals surface area contributed by atoms with Gasteiger partial charge >= 0.3 is 0 Å². The van der Waals surface area contributed by atoms with Gasteiger partial charge < -0.3 is 19.6 Å². The number of carbonyl (C=O) groups excluding carboxylic acids is 2. The Morgan fingerprint density at radius 3 is 2.28 bits per heavy atom. The van der Waals surface area contributed by atoms with Gasteiger partial charge in [-0.1, -0.05) is 12.1 Å². The van der Waals surface area contributed by atoms with Crippen LogP contribution in [0, 0.1) is 5.82 Å². The average Bonchev–Trinajstić information content (AvgIpc) is 2.97. The molecule has 1 atom stereocenters. The molecular formula is C22H23FN2O4. The standard InChI is InChI=1S/C22H23FN2O4/c1-24(2)12-13-25-19(14-4-8-16(23)9-5-14)18(21(27)22(25)28)20(26)15-6-10-17(29-3)11-7-15/h4-11,19,26H,12-13H2,1-3H3/t19-/m0/s1. The first kappa shape index (κ1) is 20.5. The van der Waals surface area contributed by atoms with Crippen LogP contribution in [0.15, 0.2) is 54.1 Å². The number of ether oxygens (including phenoxy) is 1. The maximum atomic E-state index is 13.4. The minimum Gasteiger partial charge on any atom is -0.507 e. The zero-order chi connectivity index (χ0) is 21.1. The second-order valence-corrected chi connectivity index (χ2v) is 7.08. The normalized spacial score (nSPS) is 18.5. The van der Waals surface area contributed by atoms with Crippen LogP contribution < -0.4 is 4.74 Å². The summed E-state index contributed by atoms with van der Waals surface area (Å²) >= 11 is 0. The van der Waals surface area contributed by atoms with E-state index in [1.54, 1.807) is 24.3 Å². The van der Waals surface area contributed by atoms with Crippen LogP contribution in [-0.2, 0) is 9.59 Å². The fraction of sp³-hybridized carbons (Fsp3) is 0.273. The first-order chi connectivity index (χ1) is 13.8. The van der Waals surface area contributed by atoms with E-state index in [-0.39, 0.29) is 11.3 Å². The summed E-state index contributed by atoms with van der Waals surface area (Å²) in [6, 6.07) is 11.3. The van der Waals surface area contributed by atoms with Crippen molar-refractivity contribution in [2.24, 2.45) is 0 Å². The third-order valence-corrected chi connectivity index (χ3v) is 4.88. The molecule has 1 amide bonds. The van der Waals surface area contributed by atoms with E-state index in [4.69, 9.17) is 4.74 Å². The third kappa shape index (κ3) is 4.14. The minimum absolute atomic E-state index is 0.00877. The number of amides is 1. The quantitative estimate of drug-likeness (QED) is 0.460. The van der Waals surface area contributed by atoms with Crippen molar-refractivity contribution in [3.63, 3.8) is 0 Å². The molecule has 152 valence electrons. The number of rotatable bonds is 6. The highest BCUT2D eigenvalue weighted by molar-refractivity contribution is 6.46. The fourth-order valence-corrected chi connectivity index (χ4v) is 3.31. The number of halogens is 1. The van der Waals surface area contributed by atoms with Crippen LogP contribution in [0.25, 0.3) is 5.76 Å². The zero-order valence-corrected chi connectivity index (χ0v) is 16.6. The van der Waals surface area contributed by atoms with Gasteiger partial charge in [0.2, 0.25) is 0 Å². The Morgan fingerprint density at radius 1 is 1.10 bits per heavy atom. The molecular weight excluding hydrogens is 375 g/mol. The van der Waals surface area contributed by atoms with Crippen molar-refractivity contribution in [2.75, 3.05) is 34.3 Å². The number of likely N-dealkylation sites (N-methyl/N-ethyl adjacent to an activating group) is 1. The summed E-state index contributed by atoms with van der Waals surface area (Å²) in [5, 5.41) is 10.9. The Hall–Kier alpha value is -3.19. The predicted octanol–water partition coefficient (Wildman–Crippen LogP) is 2.82. The molecule has 0 radical (unpaired) electrons. The molecule has 3 rings (SSSR count). The number of likely N-dealkylation sites (tertiary alicyclic amines) is 1. The van der Waals surface area contributed by atoms with Crippen molar-refractivity contribution in [1.29, 1.82) is 0 Å². The van der Waals surface area contributed by atoms with E-state index in [1.165, 1.54) is 36.3 Å². The fourth-order valence-electron chi connectivity index (χ4n) is 3.31. The largest absolute Gasteiger partial charge is 0.507 e. The van der Waals surface area contributed by atoms with Gasteiger partial charge in [0, 0.05) is 18.7 Å². The monoisotopic (exact) mass is 398 g/mol. The van der Waals surface area contributed by atoms with E-state index in [9.17, 15) is 19.1 Å². The molecule has 1 aliphatic heterocycles. The van der Waals surface area contributed by atoms with Gasteiger partial charge in [0.25, 0.3) is 11.7 Å². The van der Waals surface area contributed by atoms with Gasteiger partial charge in [-0.25, -0.2) is 4.39 Å². The summed E-state index contributed by atoms with van der Waals surface area (Å²) in [6.07, 6.45) is 0. The van der Waals surface area contributed by atoms with Crippen molar-refractivity contribution in [3.8, 4) is 5.75 Å². The number of Topliss-reactive ketones (excluding diaryl/α,β-unsaturated/α-hetero) is 1. The molecule has 0 spiro atoms. The smallest absolute Gasteiger partial charge is 0.295 e. The SMILES string of the molecule is COc1ccc(C(O)=C2C(=O)C(=O)N(CCN(C)C)[C@H]2c2ccc(F)cc2)cc1. The number of ketones is 1. The van der Waals surface area contributed by atoms with Gasteiger partial charge in [-0.05, 0) is 56.1 Å². The first-order valence-corrected chi connectivity index (χ1v) is 9.16. The molecule has 0 bridgehead atoms. The Balaban J connectivity index is 2.11. The van der Waals surface area contributed by atoms with Gasteiger partial charge in [0.1, 0.15) is 17.3 Å². The maximum absolute atomic E-state index is 13.4. The van der Waals surface area contributed by atoms with Crippen molar-refractivity contribution in [2.45, 2.75) is 6.04 Å². The van der Waals surface area contributed by atoms with Crippen LogP contribution in [0.1, 0.15) is 17.2 Å². The lowest BCUT2D eigenvalue weighted by atomic mass is 9.95. The van der Waals surface area contributed by atoms with Gasteiger partial charge in [0.15, 0.2) is 0 Å². The lowest BCUT2D eigenvalue weighted by Crippen LogP contribution is -2.35. The molecule has 0 unspecified atom stereocenters. The van der Waals surface area contributed by atoms with Crippen LogP contribution >= 0.6 is 0 Å². The van der Waals surface area contributed by atoms with E-state index in [0.29, 0.717) is 30.0 Å². The van der Waals surface area contributed by atoms with E-state index in [1.807, 2.05) is 19.0 Å². The molecule has 1 saturated heterocycles. The van der Waals surface area contributed by atoms with Crippen molar-refractivity contribution < 1.29 is 23.8 Å². The van der Waals surface area contributed by atoms with E-state index in [0.717, 1.165) is 0 Å². The molecule has 0 saturated carbocycles. The number of hydrogen-bond donors (Lipinski definition) is 1. The summed E-state index contributed by atoms with van der Waals surface area (Å²) in [5.41, 5.74) is 0.938. The number of aliphatic hydroxyl groups excluding tert-OH is 1. The number of benzene rings is 2. The minimum atomic E-state index is -0.794. The second kappa shape index (κ2) is 8.45. The summed E-state index contributed by atoms with van der Waals surface area (Å²) < 4.78 is 18.6.